The first kappa shape index (κ1) is 11.9. The molecule has 0 aliphatic rings. The Morgan fingerprint density at radius 1 is 0.947 bits per heavy atom. The third-order valence-electron chi connectivity index (χ3n) is 3.03. The molecule has 0 unspecified atom stereocenters. The predicted molar refractivity (Wildman–Crippen MR) is 73.4 cm³/mol. The maximum atomic E-state index is 11.9. The molecule has 19 heavy (non-hydrogen) atoms. The van der Waals surface area contributed by atoms with Crippen molar-refractivity contribution in [3.05, 3.63) is 52.8 Å². The van der Waals surface area contributed by atoms with Gasteiger partial charge in [0.2, 0.25) is 10.0 Å². The monoisotopic (exact) mass is 274 g/mol. The van der Waals surface area contributed by atoms with Crippen LogP contribution in [0.1, 0.15) is 0 Å². The number of hydrogen-bond acceptors (Lipinski definition) is 3. The summed E-state index contributed by atoms with van der Waals surface area (Å²) in [5.41, 5.74) is 0.199. The number of nitrogens with two attached hydrogens (primary N) is 1. The summed E-state index contributed by atoms with van der Waals surface area (Å²) < 4.78 is 22.6. The number of benzene rings is 2. The fourth-order valence-electron chi connectivity index (χ4n) is 2.14. The topological polar surface area (TPSA) is 93.0 Å². The van der Waals surface area contributed by atoms with Crippen molar-refractivity contribution in [1.82, 2.24) is 4.98 Å². The molecule has 6 heteroatoms. The van der Waals surface area contributed by atoms with Crippen molar-refractivity contribution in [3.63, 3.8) is 0 Å². The molecule has 2 aromatic carbocycles. The SMILES string of the molecule is NS(=O)(=O)c1ccc2c(c1)[nH]c(=O)c1ccccc12. The van der Waals surface area contributed by atoms with E-state index < -0.39 is 10.0 Å². The standard InChI is InChI=1S/C13H10N2O3S/c14-19(17,18)8-5-6-10-9-3-1-2-4-11(9)13(16)15-12(10)7-8/h1-7H,(H,15,16)(H2,14,17,18). The molecule has 96 valence electrons. The van der Waals surface area contributed by atoms with Gasteiger partial charge in [0.05, 0.1) is 10.4 Å². The number of H-pyrrole nitrogens is 1. The van der Waals surface area contributed by atoms with Crippen LogP contribution in [0.5, 0.6) is 0 Å². The Bertz CT molecular complexity index is 958. The molecule has 0 bridgehead atoms. The molecule has 5 nitrogen and oxygen atoms in total. The number of sulfonamides is 1. The normalized spacial score (nSPS) is 12.1. The number of hydrogen-bond donors (Lipinski definition) is 2. The Kier molecular flexibility index (Phi) is 2.44. The minimum atomic E-state index is -3.78. The largest absolute Gasteiger partial charge is 0.321 e. The second kappa shape index (κ2) is 3.91. The Balaban J connectivity index is 2.51. The summed E-state index contributed by atoms with van der Waals surface area (Å²) in [6.45, 7) is 0. The van der Waals surface area contributed by atoms with E-state index in [1.165, 1.54) is 12.1 Å². The molecule has 0 aliphatic carbocycles. The number of aromatic nitrogens is 1. The molecule has 1 aromatic heterocycles. The zero-order valence-corrected chi connectivity index (χ0v) is 10.6. The van der Waals surface area contributed by atoms with Gasteiger partial charge >= 0.3 is 0 Å². The van der Waals surface area contributed by atoms with Crippen LogP contribution < -0.4 is 10.7 Å². The lowest BCUT2D eigenvalue weighted by atomic mass is 10.1. The number of aromatic amines is 1. The highest BCUT2D eigenvalue weighted by atomic mass is 32.2. The van der Waals surface area contributed by atoms with Crippen LogP contribution in [-0.4, -0.2) is 13.4 Å². The molecule has 0 saturated heterocycles. The molecule has 0 saturated carbocycles. The lowest BCUT2D eigenvalue weighted by Gasteiger charge is -2.05. The molecule has 3 aromatic rings. The number of primary sulfonamides is 1. The Labute approximate surface area is 108 Å². The summed E-state index contributed by atoms with van der Waals surface area (Å²) >= 11 is 0. The number of nitrogens with one attached hydrogen (secondary N) is 1. The van der Waals surface area contributed by atoms with Crippen molar-refractivity contribution in [2.24, 2.45) is 5.14 Å². The second-order valence-corrected chi connectivity index (χ2v) is 5.81. The summed E-state index contributed by atoms with van der Waals surface area (Å²) in [6.07, 6.45) is 0. The van der Waals surface area contributed by atoms with E-state index in [4.69, 9.17) is 5.14 Å². The Hall–Kier alpha value is -2.18. The van der Waals surface area contributed by atoms with Gasteiger partial charge in [0.1, 0.15) is 0 Å². The van der Waals surface area contributed by atoms with Gasteiger partial charge in [-0.2, -0.15) is 0 Å². The summed E-state index contributed by atoms with van der Waals surface area (Å²) in [6, 6.07) is 11.6. The van der Waals surface area contributed by atoms with E-state index in [1.807, 2.05) is 12.1 Å². The fraction of sp³-hybridized carbons (Fsp3) is 0. The van der Waals surface area contributed by atoms with Gasteiger partial charge < -0.3 is 4.98 Å². The number of fused-ring (bicyclic) bond motifs is 3. The molecule has 3 N–H and O–H groups in total. The van der Waals surface area contributed by atoms with Crippen molar-refractivity contribution < 1.29 is 8.42 Å². The summed E-state index contributed by atoms with van der Waals surface area (Å²) in [7, 11) is -3.78. The maximum Gasteiger partial charge on any atom is 0.256 e. The van der Waals surface area contributed by atoms with E-state index in [0.717, 1.165) is 10.8 Å². The molecule has 0 atom stereocenters. The van der Waals surface area contributed by atoms with Gasteiger partial charge in [-0.15, -0.1) is 0 Å². The zero-order chi connectivity index (χ0) is 13.6. The average molecular weight is 274 g/mol. The predicted octanol–water partition coefficient (Wildman–Crippen LogP) is 1.33. The van der Waals surface area contributed by atoms with E-state index in [0.29, 0.717) is 10.9 Å². The van der Waals surface area contributed by atoms with Crippen molar-refractivity contribution in [3.8, 4) is 0 Å². The number of pyridine rings is 1. The van der Waals surface area contributed by atoms with Crippen molar-refractivity contribution in [2.75, 3.05) is 0 Å². The molecule has 0 spiro atoms. The van der Waals surface area contributed by atoms with Crippen LogP contribution in [-0.2, 0) is 10.0 Å². The smallest absolute Gasteiger partial charge is 0.256 e. The van der Waals surface area contributed by atoms with Gasteiger partial charge in [0.15, 0.2) is 0 Å². The summed E-state index contributed by atoms with van der Waals surface area (Å²) in [5, 5.41) is 7.21. The van der Waals surface area contributed by atoms with Crippen LogP contribution in [0.3, 0.4) is 0 Å². The molecule has 0 radical (unpaired) electrons. The molecular formula is C13H10N2O3S. The lowest BCUT2D eigenvalue weighted by Crippen LogP contribution is -2.13. The van der Waals surface area contributed by atoms with E-state index in [2.05, 4.69) is 4.98 Å². The van der Waals surface area contributed by atoms with Crippen LogP contribution >= 0.6 is 0 Å². The maximum absolute atomic E-state index is 11.9. The van der Waals surface area contributed by atoms with E-state index >= 15 is 0 Å². The number of rotatable bonds is 1. The van der Waals surface area contributed by atoms with E-state index in [-0.39, 0.29) is 10.5 Å². The molecular weight excluding hydrogens is 264 g/mol. The quantitative estimate of drug-likeness (QED) is 0.655. The first-order valence-electron chi connectivity index (χ1n) is 5.54. The highest BCUT2D eigenvalue weighted by molar-refractivity contribution is 7.89. The van der Waals surface area contributed by atoms with Crippen LogP contribution in [0, 0.1) is 0 Å². The third-order valence-corrected chi connectivity index (χ3v) is 3.94. The zero-order valence-electron chi connectivity index (χ0n) is 9.75. The van der Waals surface area contributed by atoms with Crippen molar-refractivity contribution in [1.29, 1.82) is 0 Å². The molecule has 0 aliphatic heterocycles. The van der Waals surface area contributed by atoms with Crippen LogP contribution in [0.4, 0.5) is 0 Å². The summed E-state index contributed by atoms with van der Waals surface area (Å²) in [4.78, 5) is 14.6. The van der Waals surface area contributed by atoms with Crippen LogP contribution in [0.15, 0.2) is 52.2 Å². The first-order valence-corrected chi connectivity index (χ1v) is 7.09. The Morgan fingerprint density at radius 3 is 2.32 bits per heavy atom. The highest BCUT2D eigenvalue weighted by Gasteiger charge is 2.10. The molecule has 1 heterocycles. The van der Waals surface area contributed by atoms with Crippen LogP contribution in [0.25, 0.3) is 21.7 Å². The van der Waals surface area contributed by atoms with Gasteiger partial charge in [0.25, 0.3) is 5.56 Å². The highest BCUT2D eigenvalue weighted by Crippen LogP contribution is 2.22. The third kappa shape index (κ3) is 1.91. The van der Waals surface area contributed by atoms with Gasteiger partial charge in [0, 0.05) is 10.8 Å². The first-order chi connectivity index (χ1) is 8.97. The van der Waals surface area contributed by atoms with Gasteiger partial charge in [-0.05, 0) is 23.6 Å². The van der Waals surface area contributed by atoms with E-state index in [9.17, 15) is 13.2 Å². The van der Waals surface area contributed by atoms with Gasteiger partial charge in [-0.3, -0.25) is 4.79 Å². The second-order valence-electron chi connectivity index (χ2n) is 4.25. The molecule has 0 amide bonds. The Morgan fingerprint density at radius 2 is 1.63 bits per heavy atom. The summed E-state index contributed by atoms with van der Waals surface area (Å²) in [5.74, 6) is 0. The van der Waals surface area contributed by atoms with Gasteiger partial charge in [-0.25, -0.2) is 13.6 Å². The van der Waals surface area contributed by atoms with Crippen molar-refractivity contribution >= 4 is 31.7 Å². The fourth-order valence-corrected chi connectivity index (χ4v) is 2.68. The van der Waals surface area contributed by atoms with Gasteiger partial charge in [-0.1, -0.05) is 24.3 Å². The minimum absolute atomic E-state index is 0.0223. The van der Waals surface area contributed by atoms with Crippen molar-refractivity contribution in [2.45, 2.75) is 4.90 Å². The molecule has 3 rings (SSSR count). The lowest BCUT2D eigenvalue weighted by molar-refractivity contribution is 0.598. The minimum Gasteiger partial charge on any atom is -0.321 e. The van der Waals surface area contributed by atoms with E-state index in [1.54, 1.807) is 18.2 Å². The average Bonchev–Trinajstić information content (AvgIpc) is 2.37. The van der Waals surface area contributed by atoms with Crippen LogP contribution in [0.2, 0.25) is 0 Å². The molecule has 0 fully saturated rings.